The number of hydrogen-bond donors (Lipinski definition) is 9. The highest BCUT2D eigenvalue weighted by atomic mass is 16.7. The van der Waals surface area contributed by atoms with Gasteiger partial charge in [-0.2, -0.15) is 0 Å². The summed E-state index contributed by atoms with van der Waals surface area (Å²) >= 11 is 0. The fourth-order valence-electron chi connectivity index (χ4n) is 10.8. The van der Waals surface area contributed by atoms with Crippen LogP contribution in [0.1, 0.15) is 251 Å². The van der Waals surface area contributed by atoms with Gasteiger partial charge in [-0.1, -0.05) is 264 Å². The topological polar surface area (TPSA) is 228 Å². The summed E-state index contributed by atoms with van der Waals surface area (Å²) in [5, 5.41) is 87.4. The third-order valence-electron chi connectivity index (χ3n) is 16.4. The van der Waals surface area contributed by atoms with Crippen LogP contribution in [0.2, 0.25) is 0 Å². The smallest absolute Gasteiger partial charge is 0.220 e. The Labute approximate surface area is 539 Å². The molecule has 2 aliphatic rings. The predicted molar refractivity (Wildman–Crippen MR) is 364 cm³/mol. The minimum Gasteiger partial charge on any atom is -0.394 e. The van der Waals surface area contributed by atoms with E-state index in [0.29, 0.717) is 12.8 Å². The van der Waals surface area contributed by atoms with Crippen LogP contribution >= 0.6 is 0 Å². The van der Waals surface area contributed by atoms with E-state index in [-0.39, 0.29) is 18.9 Å². The van der Waals surface area contributed by atoms with Gasteiger partial charge in [-0.25, -0.2) is 0 Å². The van der Waals surface area contributed by atoms with Gasteiger partial charge in [0.25, 0.3) is 0 Å². The zero-order chi connectivity index (χ0) is 64.5. The lowest BCUT2D eigenvalue weighted by Crippen LogP contribution is -2.65. The molecule has 2 heterocycles. The Morgan fingerprint density at radius 2 is 0.787 bits per heavy atom. The summed E-state index contributed by atoms with van der Waals surface area (Å²) in [7, 11) is 0. The molecule has 14 heteroatoms. The number of rotatable bonds is 56. The SMILES string of the molecule is CC/C=C\C/C=C\C/C=C\C/C=C\C/C=C\C/C=C\C/C=C\CCCCCCCCCCCCCCCC(=O)NC(COC1OC(CO)C(OC2OC(CO)C(O)C(O)C2O)C(O)C1O)C(O)/C=C/CC/C=C/CC/C=C/CCCCCCCCCCCC. The van der Waals surface area contributed by atoms with E-state index in [4.69, 9.17) is 18.9 Å². The standard InChI is InChI=1S/C75H127NO13/c1-3-5-7-9-11-13-15-17-19-21-23-25-26-27-28-29-30-31-32-33-34-35-36-37-38-39-41-43-45-47-49-51-53-55-57-59-67(80)76-63(64(79)58-56-54-52-50-48-46-44-42-40-24-22-20-18-16-14-12-10-8-6-4-2)62-86-74-72(85)70(83)73(66(61-78)88-74)89-75-71(84)69(82)68(81)65(60-77)87-75/h5,7,11,13,17,19,23,25,27-28,30-31,33-34,40,42,48,50,56,58,63-66,68-75,77-79,81-85H,3-4,6,8-10,12,14-16,18,20-22,24,26,29,32,35-39,41,43-47,49,51-55,57,59-62H2,1-2H3,(H,76,80)/b7-5-,13-11-,19-17-,25-23-,28-27-,31-30-,34-33-,42-40+,50-48+,58-56+. The lowest BCUT2D eigenvalue weighted by molar-refractivity contribution is -0.359. The molecule has 89 heavy (non-hydrogen) atoms. The minimum absolute atomic E-state index is 0.258. The van der Waals surface area contributed by atoms with E-state index < -0.39 is 86.8 Å². The molecule has 0 aliphatic carbocycles. The molecular formula is C75H127NO13. The van der Waals surface area contributed by atoms with E-state index in [9.17, 15) is 45.6 Å². The largest absolute Gasteiger partial charge is 0.394 e. The highest BCUT2D eigenvalue weighted by molar-refractivity contribution is 5.76. The fraction of sp³-hybridized carbons (Fsp3) is 0.720. The van der Waals surface area contributed by atoms with Gasteiger partial charge in [-0.15, -0.1) is 0 Å². The lowest BCUT2D eigenvalue weighted by Gasteiger charge is -2.46. The van der Waals surface area contributed by atoms with E-state index in [0.717, 1.165) is 96.3 Å². The maximum absolute atomic E-state index is 13.3. The number of carbonyl (C=O) groups is 1. The molecule has 0 aromatic rings. The van der Waals surface area contributed by atoms with Crippen molar-refractivity contribution >= 4 is 5.91 Å². The molecule has 1 amide bonds. The third kappa shape index (κ3) is 42.3. The Morgan fingerprint density at radius 3 is 1.24 bits per heavy atom. The molecule has 2 aliphatic heterocycles. The second kappa shape index (κ2) is 58.2. The molecule has 0 spiro atoms. The van der Waals surface area contributed by atoms with Crippen LogP contribution < -0.4 is 5.32 Å². The molecule has 9 N–H and O–H groups in total. The van der Waals surface area contributed by atoms with Crippen molar-refractivity contribution in [3.05, 3.63) is 122 Å². The van der Waals surface area contributed by atoms with Crippen molar-refractivity contribution in [3.63, 3.8) is 0 Å². The van der Waals surface area contributed by atoms with Gasteiger partial charge >= 0.3 is 0 Å². The van der Waals surface area contributed by atoms with Crippen molar-refractivity contribution in [3.8, 4) is 0 Å². The summed E-state index contributed by atoms with van der Waals surface area (Å²) in [4.78, 5) is 13.3. The van der Waals surface area contributed by atoms with Crippen LogP contribution in [0.15, 0.2) is 122 Å². The van der Waals surface area contributed by atoms with E-state index in [1.807, 2.05) is 6.08 Å². The highest BCUT2D eigenvalue weighted by Gasteiger charge is 2.51. The molecule has 12 atom stereocenters. The first-order valence-corrected chi connectivity index (χ1v) is 35.3. The number of allylic oxidation sites excluding steroid dienone is 19. The van der Waals surface area contributed by atoms with Crippen molar-refractivity contribution in [1.29, 1.82) is 0 Å². The number of amides is 1. The summed E-state index contributed by atoms with van der Waals surface area (Å²) in [5.41, 5.74) is 0. The number of ether oxygens (including phenoxy) is 4. The van der Waals surface area contributed by atoms with Crippen molar-refractivity contribution in [2.75, 3.05) is 19.8 Å². The molecule has 0 aromatic heterocycles. The fourth-order valence-corrected chi connectivity index (χ4v) is 10.8. The normalized spacial score (nSPS) is 23.8. The van der Waals surface area contributed by atoms with Crippen molar-refractivity contribution in [2.45, 2.75) is 325 Å². The Kier molecular flexibility index (Phi) is 53.3. The van der Waals surface area contributed by atoms with Gasteiger partial charge in [0.1, 0.15) is 48.8 Å². The molecule has 2 fully saturated rings. The number of nitrogens with one attached hydrogen (secondary N) is 1. The number of aliphatic hydroxyl groups is 8. The molecule has 0 bridgehead atoms. The van der Waals surface area contributed by atoms with E-state index in [1.165, 1.54) is 122 Å². The minimum atomic E-state index is -1.80. The average molecular weight is 1250 g/mol. The van der Waals surface area contributed by atoms with E-state index >= 15 is 0 Å². The molecule has 0 aromatic carbocycles. The van der Waals surface area contributed by atoms with Crippen molar-refractivity contribution < 1.29 is 64.6 Å². The Morgan fingerprint density at radius 1 is 0.416 bits per heavy atom. The van der Waals surface area contributed by atoms with E-state index in [2.05, 4.69) is 129 Å². The van der Waals surface area contributed by atoms with Crippen LogP contribution in [0.5, 0.6) is 0 Å². The van der Waals surface area contributed by atoms with Gasteiger partial charge in [-0.3, -0.25) is 4.79 Å². The maximum Gasteiger partial charge on any atom is 0.220 e. The van der Waals surface area contributed by atoms with Crippen LogP contribution in [0.25, 0.3) is 0 Å². The molecule has 2 rings (SSSR count). The molecule has 12 unspecified atom stereocenters. The zero-order valence-electron chi connectivity index (χ0n) is 55.4. The van der Waals surface area contributed by atoms with Gasteiger partial charge in [-0.05, 0) is 103 Å². The van der Waals surface area contributed by atoms with Gasteiger partial charge < -0.3 is 65.1 Å². The molecule has 0 radical (unpaired) electrons. The van der Waals surface area contributed by atoms with Crippen molar-refractivity contribution in [1.82, 2.24) is 5.32 Å². The number of hydrogen-bond acceptors (Lipinski definition) is 13. The Bertz CT molecular complexity index is 1960. The average Bonchev–Trinajstić information content (AvgIpc) is 3.62. The van der Waals surface area contributed by atoms with Crippen molar-refractivity contribution in [2.24, 2.45) is 0 Å². The summed E-state index contributed by atoms with van der Waals surface area (Å²) in [6.07, 6.45) is 68.2. The second-order valence-corrected chi connectivity index (χ2v) is 24.3. The monoisotopic (exact) mass is 1250 g/mol. The summed E-state index contributed by atoms with van der Waals surface area (Å²) in [6.45, 7) is 2.66. The summed E-state index contributed by atoms with van der Waals surface area (Å²) in [6, 6.07) is -0.947. The number of aliphatic hydroxyl groups excluding tert-OH is 8. The summed E-state index contributed by atoms with van der Waals surface area (Å²) in [5.74, 6) is -0.258. The van der Waals surface area contributed by atoms with Gasteiger partial charge in [0, 0.05) is 6.42 Å². The number of unbranched alkanes of at least 4 members (excludes halogenated alkanes) is 25. The Hall–Kier alpha value is -3.61. The van der Waals surface area contributed by atoms with Crippen LogP contribution in [-0.2, 0) is 23.7 Å². The highest BCUT2D eigenvalue weighted by Crippen LogP contribution is 2.30. The second-order valence-electron chi connectivity index (χ2n) is 24.3. The first-order chi connectivity index (χ1) is 43.6. The first kappa shape index (κ1) is 81.5. The Balaban J connectivity index is 1.67. The van der Waals surface area contributed by atoms with Gasteiger partial charge in [0.15, 0.2) is 12.6 Å². The maximum atomic E-state index is 13.3. The summed E-state index contributed by atoms with van der Waals surface area (Å²) < 4.78 is 22.8. The lowest BCUT2D eigenvalue weighted by atomic mass is 9.97. The molecule has 2 saturated heterocycles. The predicted octanol–water partition coefficient (Wildman–Crippen LogP) is 14.5. The zero-order valence-corrected chi connectivity index (χ0v) is 55.4. The van der Waals surface area contributed by atoms with Gasteiger partial charge in [0.05, 0.1) is 32.0 Å². The number of carbonyl (C=O) groups excluding carboxylic acids is 1. The van der Waals surface area contributed by atoms with Crippen LogP contribution in [0, 0.1) is 0 Å². The molecule has 510 valence electrons. The van der Waals surface area contributed by atoms with E-state index in [1.54, 1.807) is 6.08 Å². The van der Waals surface area contributed by atoms with Gasteiger partial charge in [0.2, 0.25) is 5.91 Å². The van der Waals surface area contributed by atoms with Crippen LogP contribution in [0.3, 0.4) is 0 Å². The third-order valence-corrected chi connectivity index (χ3v) is 16.4. The first-order valence-electron chi connectivity index (χ1n) is 35.3. The molecule has 14 nitrogen and oxygen atoms in total. The molecule has 0 saturated carbocycles. The van der Waals surface area contributed by atoms with Crippen LogP contribution in [-0.4, -0.2) is 140 Å². The molecular weight excluding hydrogens is 1120 g/mol. The quantitative estimate of drug-likeness (QED) is 0.0204. The van der Waals surface area contributed by atoms with Crippen LogP contribution in [0.4, 0.5) is 0 Å².